The number of hydrogen-bond acceptors (Lipinski definition) is 5. The fourth-order valence-corrected chi connectivity index (χ4v) is 4.51. The van der Waals surface area contributed by atoms with Crippen LogP contribution in [0.5, 0.6) is 0 Å². The van der Waals surface area contributed by atoms with Crippen LogP contribution in [-0.4, -0.2) is 25.9 Å². The summed E-state index contributed by atoms with van der Waals surface area (Å²) in [7, 11) is -3.83. The molecule has 0 aliphatic carbocycles. The number of sulfonamides is 1. The van der Waals surface area contributed by atoms with Crippen LogP contribution in [0.4, 0.5) is 11.4 Å². The van der Waals surface area contributed by atoms with Crippen molar-refractivity contribution in [2.24, 2.45) is 10.2 Å². The molecule has 8 nitrogen and oxygen atoms in total. The Labute approximate surface area is 213 Å². The lowest BCUT2D eigenvalue weighted by Gasteiger charge is -2.12. The van der Waals surface area contributed by atoms with Crippen molar-refractivity contribution in [1.29, 1.82) is 0 Å². The second-order valence-corrected chi connectivity index (χ2v) is 10.1. The van der Waals surface area contributed by atoms with Gasteiger partial charge in [0.05, 0.1) is 21.9 Å². The Kier molecular flexibility index (Phi) is 6.16. The van der Waals surface area contributed by atoms with Gasteiger partial charge in [0.15, 0.2) is 0 Å². The van der Waals surface area contributed by atoms with Gasteiger partial charge in [0.1, 0.15) is 0 Å². The van der Waals surface area contributed by atoms with Crippen LogP contribution in [0, 0.1) is 0 Å². The van der Waals surface area contributed by atoms with Crippen molar-refractivity contribution >= 4 is 55.8 Å². The summed E-state index contributed by atoms with van der Waals surface area (Å²) in [6, 6.07) is 26.1. The summed E-state index contributed by atoms with van der Waals surface area (Å²) in [5, 5.41) is 15.6. The van der Waals surface area contributed by atoms with E-state index in [1.54, 1.807) is 43.3 Å². The number of nitrogens with two attached hydrogens (primary N) is 1. The Hall–Kier alpha value is -4.60. The number of amides is 2. The first kappa shape index (κ1) is 24.1. The number of carbonyl (C=O) groups is 2. The fourth-order valence-electron chi connectivity index (χ4n) is 4.00. The standard InChI is InChI=1S/C28H22N4O4S/c1-18-26(28(34)32(31-18)24-12-14-25(15-13-24)37(29,35)36)16-19-6-10-23(11-7-19)30-27(33)22-9-8-20-4-2-3-5-21(20)17-22/h2-17H,1H3,(H,30,33)(H2,29,35,36)/b26-16-. The number of nitrogens with one attached hydrogen (secondary N) is 1. The molecule has 1 aliphatic rings. The van der Waals surface area contributed by atoms with Crippen LogP contribution >= 0.6 is 0 Å². The van der Waals surface area contributed by atoms with Gasteiger partial charge in [-0.3, -0.25) is 9.59 Å². The molecule has 0 spiro atoms. The van der Waals surface area contributed by atoms with E-state index in [4.69, 9.17) is 5.14 Å². The first-order valence-electron chi connectivity index (χ1n) is 11.3. The highest BCUT2D eigenvalue weighted by Crippen LogP contribution is 2.26. The van der Waals surface area contributed by atoms with Crippen LogP contribution in [0.2, 0.25) is 0 Å². The number of hydrazone groups is 1. The van der Waals surface area contributed by atoms with Crippen LogP contribution in [0.25, 0.3) is 16.8 Å². The lowest BCUT2D eigenvalue weighted by Crippen LogP contribution is -2.21. The van der Waals surface area contributed by atoms with E-state index < -0.39 is 10.0 Å². The molecule has 0 saturated heterocycles. The maximum atomic E-state index is 13.0. The Bertz CT molecular complexity index is 1710. The Balaban J connectivity index is 1.30. The number of carbonyl (C=O) groups excluding carboxylic acids is 2. The highest BCUT2D eigenvalue weighted by Gasteiger charge is 2.28. The molecular formula is C28H22N4O4S. The van der Waals surface area contributed by atoms with E-state index in [9.17, 15) is 18.0 Å². The molecular weight excluding hydrogens is 488 g/mol. The number of primary sulfonamides is 1. The number of rotatable bonds is 5. The summed E-state index contributed by atoms with van der Waals surface area (Å²) in [5.74, 6) is -0.551. The number of hydrogen-bond donors (Lipinski definition) is 2. The molecule has 0 unspecified atom stereocenters. The Morgan fingerprint density at radius 1 is 0.919 bits per heavy atom. The molecule has 5 rings (SSSR count). The normalized spacial score (nSPS) is 14.8. The van der Waals surface area contributed by atoms with Gasteiger partial charge in [-0.2, -0.15) is 10.1 Å². The van der Waals surface area contributed by atoms with E-state index in [2.05, 4.69) is 10.4 Å². The second-order valence-electron chi connectivity index (χ2n) is 8.54. The Morgan fingerprint density at radius 3 is 2.27 bits per heavy atom. The predicted molar refractivity (Wildman–Crippen MR) is 145 cm³/mol. The molecule has 1 heterocycles. The lowest BCUT2D eigenvalue weighted by molar-refractivity contribution is -0.114. The molecule has 0 aromatic heterocycles. The first-order valence-corrected chi connectivity index (χ1v) is 12.9. The van der Waals surface area contributed by atoms with E-state index >= 15 is 0 Å². The van der Waals surface area contributed by atoms with Crippen molar-refractivity contribution in [1.82, 2.24) is 0 Å². The summed E-state index contributed by atoms with van der Waals surface area (Å²) < 4.78 is 23.0. The summed E-state index contributed by atoms with van der Waals surface area (Å²) in [6.45, 7) is 1.72. The van der Waals surface area contributed by atoms with Gasteiger partial charge in [-0.1, -0.05) is 42.5 Å². The molecule has 9 heteroatoms. The van der Waals surface area contributed by atoms with Crippen molar-refractivity contribution in [3.05, 3.63) is 108 Å². The van der Waals surface area contributed by atoms with Crippen LogP contribution in [-0.2, 0) is 14.8 Å². The van der Waals surface area contributed by atoms with E-state index in [0.717, 1.165) is 16.3 Å². The van der Waals surface area contributed by atoms with Gasteiger partial charge < -0.3 is 5.32 Å². The number of anilines is 2. The van der Waals surface area contributed by atoms with Gasteiger partial charge in [0, 0.05) is 11.3 Å². The summed E-state index contributed by atoms with van der Waals surface area (Å²) >= 11 is 0. The summed E-state index contributed by atoms with van der Waals surface area (Å²) in [6.07, 6.45) is 1.72. The first-order chi connectivity index (χ1) is 17.7. The van der Waals surface area contributed by atoms with E-state index in [-0.39, 0.29) is 16.7 Å². The third-order valence-electron chi connectivity index (χ3n) is 5.96. The van der Waals surface area contributed by atoms with Crippen LogP contribution in [0.15, 0.2) is 107 Å². The largest absolute Gasteiger partial charge is 0.322 e. The second kappa shape index (κ2) is 9.45. The van der Waals surface area contributed by atoms with Gasteiger partial charge in [0.2, 0.25) is 10.0 Å². The molecule has 0 radical (unpaired) electrons. The van der Waals surface area contributed by atoms with E-state index in [0.29, 0.717) is 28.2 Å². The average molecular weight is 511 g/mol. The zero-order chi connectivity index (χ0) is 26.2. The van der Waals surface area contributed by atoms with Gasteiger partial charge in [0.25, 0.3) is 11.8 Å². The quantitative estimate of drug-likeness (QED) is 0.383. The number of nitrogens with zero attached hydrogens (tertiary/aromatic N) is 2. The topological polar surface area (TPSA) is 122 Å². The maximum absolute atomic E-state index is 13.0. The van der Waals surface area contributed by atoms with Crippen molar-refractivity contribution in [3.8, 4) is 0 Å². The molecule has 0 atom stereocenters. The van der Waals surface area contributed by atoms with Gasteiger partial charge in [-0.05, 0) is 77.9 Å². The molecule has 37 heavy (non-hydrogen) atoms. The molecule has 4 aromatic carbocycles. The minimum absolute atomic E-state index is 0.0489. The molecule has 2 amide bonds. The van der Waals surface area contributed by atoms with Crippen molar-refractivity contribution in [2.45, 2.75) is 11.8 Å². The van der Waals surface area contributed by atoms with E-state index in [1.165, 1.54) is 29.3 Å². The maximum Gasteiger partial charge on any atom is 0.280 e. The van der Waals surface area contributed by atoms with E-state index in [1.807, 2.05) is 36.4 Å². The van der Waals surface area contributed by atoms with Gasteiger partial charge in [-0.25, -0.2) is 13.6 Å². The number of fused-ring (bicyclic) bond motifs is 1. The van der Waals surface area contributed by atoms with Gasteiger partial charge in [-0.15, -0.1) is 0 Å². The SMILES string of the molecule is CC1=NN(c2ccc(S(N)(=O)=O)cc2)C(=O)/C1=C\c1ccc(NC(=O)c2ccc3ccccc3c2)cc1. The molecule has 0 bridgehead atoms. The van der Waals surface area contributed by atoms with Crippen molar-refractivity contribution in [2.75, 3.05) is 10.3 Å². The minimum Gasteiger partial charge on any atom is -0.322 e. The molecule has 184 valence electrons. The van der Waals surface area contributed by atoms with Crippen LogP contribution in [0.3, 0.4) is 0 Å². The van der Waals surface area contributed by atoms with Crippen molar-refractivity contribution < 1.29 is 18.0 Å². The van der Waals surface area contributed by atoms with Gasteiger partial charge >= 0.3 is 0 Å². The molecule has 3 N–H and O–H groups in total. The minimum atomic E-state index is -3.83. The number of benzene rings is 4. The Morgan fingerprint density at radius 2 is 1.59 bits per heavy atom. The predicted octanol–water partition coefficient (Wildman–Crippen LogP) is 4.55. The van der Waals surface area contributed by atoms with Crippen molar-refractivity contribution in [3.63, 3.8) is 0 Å². The monoisotopic (exact) mass is 510 g/mol. The zero-order valence-corrected chi connectivity index (χ0v) is 20.6. The molecule has 4 aromatic rings. The zero-order valence-electron chi connectivity index (χ0n) is 19.8. The molecule has 0 fully saturated rings. The van der Waals surface area contributed by atoms with Crippen LogP contribution in [0.1, 0.15) is 22.8 Å². The average Bonchev–Trinajstić information content (AvgIpc) is 3.17. The summed E-state index contributed by atoms with van der Waals surface area (Å²) in [4.78, 5) is 25.7. The summed E-state index contributed by atoms with van der Waals surface area (Å²) in [5.41, 5.74) is 3.29. The molecule has 0 saturated carbocycles. The van der Waals surface area contributed by atoms with Crippen LogP contribution < -0.4 is 15.5 Å². The molecule has 1 aliphatic heterocycles. The lowest BCUT2D eigenvalue weighted by atomic mass is 10.1. The highest BCUT2D eigenvalue weighted by molar-refractivity contribution is 7.89. The third-order valence-corrected chi connectivity index (χ3v) is 6.89. The third kappa shape index (κ3) is 5.04. The fraction of sp³-hybridized carbons (Fsp3) is 0.0357. The smallest absolute Gasteiger partial charge is 0.280 e. The highest BCUT2D eigenvalue weighted by atomic mass is 32.2.